The average molecular weight is 397 g/mol. The van der Waals surface area contributed by atoms with Gasteiger partial charge in [-0.2, -0.15) is 0 Å². The van der Waals surface area contributed by atoms with Crippen LogP contribution in [0.3, 0.4) is 0 Å². The minimum atomic E-state index is -3.29. The number of imidazole rings is 1. The Kier molecular flexibility index (Phi) is 7.34. The molecule has 1 aliphatic heterocycles. The predicted octanol–water partition coefficient (Wildman–Crippen LogP) is 2.78. The molecule has 3 rings (SSSR count). The third-order valence-electron chi connectivity index (χ3n) is 5.99. The Morgan fingerprint density at radius 1 is 1.04 bits per heavy atom. The number of rotatable bonds is 10. The molecule has 1 aromatic rings. The number of unbranched alkanes of at least 4 members (excludes halogenated alkanes) is 1. The molecule has 154 valence electrons. The lowest BCUT2D eigenvalue weighted by Gasteiger charge is -2.34. The highest BCUT2D eigenvalue weighted by Gasteiger charge is 2.30. The van der Waals surface area contributed by atoms with Crippen LogP contribution < -0.4 is 0 Å². The second kappa shape index (κ2) is 9.52. The van der Waals surface area contributed by atoms with Crippen LogP contribution in [0.2, 0.25) is 0 Å². The smallest absolute Gasteiger partial charge is 0.227 e. The second-order valence-electron chi connectivity index (χ2n) is 8.23. The highest BCUT2D eigenvalue weighted by molar-refractivity contribution is 7.91. The first-order chi connectivity index (χ1) is 13.0. The molecule has 1 saturated heterocycles. The Bertz CT molecular complexity index is 689. The van der Waals surface area contributed by atoms with Crippen molar-refractivity contribution < 1.29 is 8.42 Å². The van der Waals surface area contributed by atoms with Crippen molar-refractivity contribution in [3.63, 3.8) is 0 Å². The highest BCUT2D eigenvalue weighted by Crippen LogP contribution is 2.30. The van der Waals surface area contributed by atoms with Gasteiger partial charge in [0, 0.05) is 39.3 Å². The van der Waals surface area contributed by atoms with Crippen molar-refractivity contribution in [2.45, 2.75) is 70.6 Å². The Morgan fingerprint density at radius 3 is 2.33 bits per heavy atom. The van der Waals surface area contributed by atoms with Gasteiger partial charge in [0.05, 0.1) is 17.6 Å². The molecule has 1 aliphatic carbocycles. The molecular weight excluding hydrogens is 360 g/mol. The van der Waals surface area contributed by atoms with Crippen LogP contribution in [0.5, 0.6) is 0 Å². The summed E-state index contributed by atoms with van der Waals surface area (Å²) < 4.78 is 27.9. The maximum atomic E-state index is 12.9. The minimum Gasteiger partial charge on any atom is -0.318 e. The van der Waals surface area contributed by atoms with Gasteiger partial charge in [-0.3, -0.25) is 4.90 Å². The van der Waals surface area contributed by atoms with Crippen LogP contribution >= 0.6 is 0 Å². The van der Waals surface area contributed by atoms with Crippen LogP contribution in [0.15, 0.2) is 11.4 Å². The number of hydrogen-bond acceptors (Lipinski definition) is 5. The van der Waals surface area contributed by atoms with Crippen molar-refractivity contribution in [1.82, 2.24) is 19.4 Å². The lowest BCUT2D eigenvalue weighted by atomic mass is 9.87. The summed E-state index contributed by atoms with van der Waals surface area (Å²) in [7, 11) is -3.29. The molecule has 27 heavy (non-hydrogen) atoms. The largest absolute Gasteiger partial charge is 0.318 e. The van der Waals surface area contributed by atoms with E-state index in [1.54, 1.807) is 0 Å². The summed E-state index contributed by atoms with van der Waals surface area (Å²) in [5, 5.41) is 0.308. The van der Waals surface area contributed by atoms with E-state index in [1.807, 2.05) is 10.8 Å². The number of sulfone groups is 1. The zero-order valence-corrected chi connectivity index (χ0v) is 17.9. The van der Waals surface area contributed by atoms with Crippen molar-refractivity contribution in [3.8, 4) is 0 Å². The van der Waals surface area contributed by atoms with Crippen LogP contribution in [-0.4, -0.2) is 66.2 Å². The fourth-order valence-electron chi connectivity index (χ4n) is 4.08. The van der Waals surface area contributed by atoms with Gasteiger partial charge in [-0.15, -0.1) is 0 Å². The predicted molar refractivity (Wildman–Crippen MR) is 109 cm³/mol. The Hall–Kier alpha value is -0.920. The van der Waals surface area contributed by atoms with E-state index in [0.29, 0.717) is 11.1 Å². The first-order valence-electron chi connectivity index (χ1n) is 10.7. The van der Waals surface area contributed by atoms with Crippen LogP contribution in [0.1, 0.15) is 58.1 Å². The lowest BCUT2D eigenvalue weighted by Crippen LogP contribution is -2.46. The van der Waals surface area contributed by atoms with Gasteiger partial charge >= 0.3 is 0 Å². The molecule has 7 heteroatoms. The molecule has 2 heterocycles. The molecule has 2 fully saturated rings. The second-order valence-corrected chi connectivity index (χ2v) is 10.2. The van der Waals surface area contributed by atoms with Gasteiger partial charge in [-0.1, -0.05) is 26.7 Å². The molecule has 1 saturated carbocycles. The number of hydrogen-bond donors (Lipinski definition) is 0. The number of nitrogens with zero attached hydrogens (tertiary/aromatic N) is 4. The SMILES string of the molecule is CCCCn1c(CN2CCN(CCC)CC2)cnc1S(=O)(=O)CC1CCC1. The summed E-state index contributed by atoms with van der Waals surface area (Å²) in [6.07, 6.45) is 8.30. The zero-order valence-electron chi connectivity index (χ0n) is 17.1. The topological polar surface area (TPSA) is 58.4 Å². The molecule has 0 bridgehead atoms. The molecule has 0 spiro atoms. The van der Waals surface area contributed by atoms with E-state index in [-0.39, 0.29) is 5.75 Å². The van der Waals surface area contributed by atoms with Crippen molar-refractivity contribution in [2.24, 2.45) is 5.92 Å². The Morgan fingerprint density at radius 2 is 1.74 bits per heavy atom. The number of piperazine rings is 1. The van der Waals surface area contributed by atoms with Crippen molar-refractivity contribution in [1.29, 1.82) is 0 Å². The van der Waals surface area contributed by atoms with E-state index in [2.05, 4.69) is 28.6 Å². The fourth-order valence-corrected chi connectivity index (χ4v) is 5.94. The molecule has 0 radical (unpaired) electrons. The maximum absolute atomic E-state index is 12.9. The van der Waals surface area contributed by atoms with Gasteiger partial charge < -0.3 is 9.47 Å². The Balaban J connectivity index is 1.70. The molecule has 0 amide bonds. The summed E-state index contributed by atoms with van der Waals surface area (Å²) in [4.78, 5) is 9.35. The van der Waals surface area contributed by atoms with Gasteiger partial charge in [0.2, 0.25) is 15.0 Å². The Labute approximate surface area is 164 Å². The molecule has 6 nitrogen and oxygen atoms in total. The van der Waals surface area contributed by atoms with Crippen molar-refractivity contribution >= 4 is 9.84 Å². The quantitative estimate of drug-likeness (QED) is 0.609. The summed E-state index contributed by atoms with van der Waals surface area (Å²) in [6.45, 7) is 11.4. The third kappa shape index (κ3) is 5.33. The zero-order chi connectivity index (χ0) is 19.3. The van der Waals surface area contributed by atoms with E-state index in [9.17, 15) is 8.42 Å². The van der Waals surface area contributed by atoms with E-state index < -0.39 is 9.84 Å². The van der Waals surface area contributed by atoms with E-state index >= 15 is 0 Å². The molecule has 0 unspecified atom stereocenters. The van der Waals surface area contributed by atoms with Crippen LogP contribution in [0, 0.1) is 5.92 Å². The van der Waals surface area contributed by atoms with Gasteiger partial charge in [0.15, 0.2) is 0 Å². The maximum Gasteiger partial charge on any atom is 0.227 e. The highest BCUT2D eigenvalue weighted by atomic mass is 32.2. The first kappa shape index (κ1) is 20.8. The molecule has 1 aromatic heterocycles. The van der Waals surface area contributed by atoms with Crippen LogP contribution in [0.25, 0.3) is 0 Å². The molecular formula is C20H36N4O2S. The summed E-state index contributed by atoms with van der Waals surface area (Å²) in [5.74, 6) is 0.604. The third-order valence-corrected chi connectivity index (χ3v) is 7.78. The van der Waals surface area contributed by atoms with Gasteiger partial charge in [0.25, 0.3) is 0 Å². The van der Waals surface area contributed by atoms with E-state index in [4.69, 9.17) is 0 Å². The number of aromatic nitrogens is 2. The van der Waals surface area contributed by atoms with Crippen LogP contribution in [-0.2, 0) is 22.9 Å². The molecule has 2 aliphatic rings. The van der Waals surface area contributed by atoms with Gasteiger partial charge in [-0.25, -0.2) is 13.4 Å². The average Bonchev–Trinajstić information content (AvgIpc) is 3.02. The molecule has 0 aromatic carbocycles. The van der Waals surface area contributed by atoms with Gasteiger partial charge in [0.1, 0.15) is 0 Å². The monoisotopic (exact) mass is 396 g/mol. The summed E-state index contributed by atoms with van der Waals surface area (Å²) in [6, 6.07) is 0. The molecule has 0 atom stereocenters. The minimum absolute atomic E-state index is 0.269. The van der Waals surface area contributed by atoms with E-state index in [1.165, 1.54) is 19.4 Å². The standard InChI is InChI=1S/C20H36N4O2S/c1-3-5-10-24-19(16-23-13-11-22(9-4-2)12-14-23)15-21-20(24)27(25,26)17-18-7-6-8-18/h15,18H,3-14,16-17H2,1-2H3. The normalized spacial score (nSPS) is 20.1. The summed E-state index contributed by atoms with van der Waals surface area (Å²) >= 11 is 0. The van der Waals surface area contributed by atoms with E-state index in [0.717, 1.165) is 70.6 Å². The van der Waals surface area contributed by atoms with Crippen LogP contribution in [0.4, 0.5) is 0 Å². The lowest BCUT2D eigenvalue weighted by molar-refractivity contribution is 0.125. The summed E-state index contributed by atoms with van der Waals surface area (Å²) in [5.41, 5.74) is 1.06. The van der Waals surface area contributed by atoms with Crippen molar-refractivity contribution in [2.75, 3.05) is 38.5 Å². The van der Waals surface area contributed by atoms with Crippen molar-refractivity contribution in [3.05, 3.63) is 11.9 Å². The first-order valence-corrected chi connectivity index (χ1v) is 12.4. The fraction of sp³-hybridized carbons (Fsp3) is 0.850. The molecule has 0 N–H and O–H groups in total. The van der Waals surface area contributed by atoms with Gasteiger partial charge in [-0.05, 0) is 38.1 Å².